The van der Waals surface area contributed by atoms with Gasteiger partial charge in [-0.05, 0) is 49.8 Å². The largest absolute Gasteiger partial charge is 0.416 e. The molecule has 0 heterocycles. The van der Waals surface area contributed by atoms with Gasteiger partial charge in [-0.25, -0.2) is 5.48 Å². The molecule has 5 nitrogen and oxygen atoms in total. The number of halogens is 3. The normalized spacial score (nSPS) is 11.7. The second-order valence-corrected chi connectivity index (χ2v) is 6.22. The number of carbonyl (C=O) groups excluding carboxylic acids is 2. The highest BCUT2D eigenvalue weighted by atomic mass is 19.4. The van der Waals surface area contributed by atoms with E-state index in [-0.39, 0.29) is 11.6 Å². The third kappa shape index (κ3) is 4.98. The Balaban J connectivity index is 2.49. The molecule has 0 aromatic heterocycles. The Kier molecular flexibility index (Phi) is 6.58. The van der Waals surface area contributed by atoms with Gasteiger partial charge in [0.15, 0.2) is 0 Å². The second-order valence-electron chi connectivity index (χ2n) is 6.22. The highest BCUT2D eigenvalue weighted by Crippen LogP contribution is 2.31. The second kappa shape index (κ2) is 8.71. The third-order valence-corrected chi connectivity index (χ3v) is 3.89. The first-order chi connectivity index (χ1) is 13.1. The number of alkyl halides is 3. The molecular weight excluding hydrogens is 373 g/mol. The van der Waals surface area contributed by atoms with Gasteiger partial charge >= 0.3 is 6.18 Å². The van der Waals surface area contributed by atoms with E-state index in [1.54, 1.807) is 38.1 Å². The van der Waals surface area contributed by atoms with Gasteiger partial charge in [0, 0.05) is 17.7 Å². The molecule has 2 aromatic rings. The molecule has 0 fully saturated rings. The average Bonchev–Trinajstić information content (AvgIpc) is 2.66. The van der Waals surface area contributed by atoms with Crippen molar-refractivity contribution in [2.24, 2.45) is 0 Å². The summed E-state index contributed by atoms with van der Waals surface area (Å²) < 4.78 is 39.0. The van der Waals surface area contributed by atoms with Crippen LogP contribution in [0.15, 0.2) is 54.6 Å². The maximum atomic E-state index is 13.0. The number of carbonyl (C=O) groups is 2. The summed E-state index contributed by atoms with van der Waals surface area (Å²) in [7, 11) is 0. The van der Waals surface area contributed by atoms with Crippen molar-refractivity contribution in [1.82, 2.24) is 5.48 Å². The number of benzene rings is 2. The Morgan fingerprint density at radius 1 is 1.11 bits per heavy atom. The summed E-state index contributed by atoms with van der Waals surface area (Å²) >= 11 is 0. The Morgan fingerprint density at radius 3 is 2.39 bits per heavy atom. The van der Waals surface area contributed by atoms with Crippen LogP contribution in [0.5, 0.6) is 0 Å². The fourth-order valence-corrected chi connectivity index (χ4v) is 2.64. The fourth-order valence-electron chi connectivity index (χ4n) is 2.64. The molecule has 0 aliphatic rings. The number of rotatable bonds is 5. The van der Waals surface area contributed by atoms with Crippen LogP contribution in [-0.2, 0) is 11.0 Å². The summed E-state index contributed by atoms with van der Waals surface area (Å²) in [5.74, 6) is -1.36. The molecule has 0 saturated heterocycles. The van der Waals surface area contributed by atoms with Gasteiger partial charge in [0.25, 0.3) is 11.8 Å². The van der Waals surface area contributed by atoms with E-state index in [0.29, 0.717) is 11.3 Å². The number of hydrogen-bond acceptors (Lipinski definition) is 3. The first-order valence-corrected chi connectivity index (χ1v) is 8.37. The van der Waals surface area contributed by atoms with Gasteiger partial charge in [-0.3, -0.25) is 14.8 Å². The maximum absolute atomic E-state index is 13.0. The van der Waals surface area contributed by atoms with E-state index in [2.05, 4.69) is 0 Å². The number of hydrogen-bond donors (Lipinski definition) is 2. The minimum absolute atomic E-state index is 0.101. The van der Waals surface area contributed by atoms with Crippen molar-refractivity contribution in [1.29, 1.82) is 0 Å². The lowest BCUT2D eigenvalue weighted by Crippen LogP contribution is -2.37. The minimum atomic E-state index is -4.56. The Hall–Kier alpha value is -3.13. The highest BCUT2D eigenvalue weighted by molar-refractivity contribution is 6.07. The smallest absolute Gasteiger partial charge is 0.305 e. The monoisotopic (exact) mass is 392 g/mol. The Morgan fingerprint density at radius 2 is 1.79 bits per heavy atom. The molecule has 0 aliphatic heterocycles. The molecule has 148 valence electrons. The van der Waals surface area contributed by atoms with Crippen LogP contribution in [0.25, 0.3) is 6.08 Å². The summed E-state index contributed by atoms with van der Waals surface area (Å²) in [6, 6.07) is 10.5. The number of anilines is 1. The van der Waals surface area contributed by atoms with Gasteiger partial charge in [-0.15, -0.1) is 0 Å². The predicted molar refractivity (Wildman–Crippen MR) is 98.8 cm³/mol. The van der Waals surface area contributed by atoms with Gasteiger partial charge in [0.05, 0.1) is 11.3 Å². The van der Waals surface area contributed by atoms with Crippen LogP contribution in [0.3, 0.4) is 0 Å². The van der Waals surface area contributed by atoms with Crippen molar-refractivity contribution < 1.29 is 28.0 Å². The molecule has 0 radical (unpaired) electrons. The fraction of sp³-hybridized carbons (Fsp3) is 0.200. The zero-order valence-corrected chi connectivity index (χ0v) is 15.2. The van der Waals surface area contributed by atoms with Crippen LogP contribution >= 0.6 is 0 Å². The van der Waals surface area contributed by atoms with Gasteiger partial charge in [0.2, 0.25) is 0 Å². The lowest BCUT2D eigenvalue weighted by Gasteiger charge is -2.28. The summed E-state index contributed by atoms with van der Waals surface area (Å²) in [5.41, 5.74) is 1.36. The van der Waals surface area contributed by atoms with E-state index in [4.69, 9.17) is 5.21 Å². The molecule has 2 aromatic carbocycles. The number of hydroxylamine groups is 1. The zero-order chi connectivity index (χ0) is 20.9. The van der Waals surface area contributed by atoms with Crippen molar-refractivity contribution in [3.8, 4) is 0 Å². The third-order valence-electron chi connectivity index (χ3n) is 3.89. The van der Waals surface area contributed by atoms with Crippen molar-refractivity contribution >= 4 is 23.6 Å². The van der Waals surface area contributed by atoms with E-state index >= 15 is 0 Å². The summed E-state index contributed by atoms with van der Waals surface area (Å²) in [6.07, 6.45) is -2.08. The topological polar surface area (TPSA) is 69.6 Å². The highest BCUT2D eigenvalue weighted by Gasteiger charge is 2.32. The first kappa shape index (κ1) is 21.2. The molecule has 0 spiro atoms. The van der Waals surface area contributed by atoms with Crippen LogP contribution in [0.4, 0.5) is 18.9 Å². The zero-order valence-electron chi connectivity index (χ0n) is 15.2. The molecule has 8 heteroatoms. The Labute approximate surface area is 160 Å². The Bertz CT molecular complexity index is 892. The number of nitrogens with zero attached hydrogens (tertiary/aromatic N) is 1. The lowest BCUT2D eigenvalue weighted by atomic mass is 10.1. The molecule has 0 aliphatic carbocycles. The van der Waals surface area contributed by atoms with Gasteiger partial charge in [-0.1, -0.05) is 24.3 Å². The molecule has 2 amide bonds. The maximum Gasteiger partial charge on any atom is 0.416 e. The van der Waals surface area contributed by atoms with Gasteiger partial charge in [0.1, 0.15) is 0 Å². The minimum Gasteiger partial charge on any atom is -0.305 e. The lowest BCUT2D eigenvalue weighted by molar-refractivity contribution is -0.137. The van der Waals surface area contributed by atoms with Gasteiger partial charge in [-0.2, -0.15) is 13.2 Å². The summed E-state index contributed by atoms with van der Waals surface area (Å²) in [5, 5.41) is 8.60. The SMILES string of the molecule is CC(C)N(C(=O)c1cccc(C(F)(F)F)c1)c1ccccc1C=CC(=O)NO. The number of amides is 2. The van der Waals surface area contributed by atoms with E-state index < -0.39 is 23.6 Å². The van der Waals surface area contributed by atoms with Crippen molar-refractivity contribution in [2.75, 3.05) is 4.90 Å². The van der Waals surface area contributed by atoms with E-state index in [0.717, 1.165) is 18.2 Å². The van der Waals surface area contributed by atoms with Crippen LogP contribution in [0.2, 0.25) is 0 Å². The predicted octanol–water partition coefficient (Wildman–Crippen LogP) is 4.28. The van der Waals surface area contributed by atoms with Crippen molar-refractivity contribution in [3.05, 3.63) is 71.3 Å². The van der Waals surface area contributed by atoms with E-state index in [1.807, 2.05) is 0 Å². The summed E-state index contributed by atoms with van der Waals surface area (Å²) in [4.78, 5) is 25.6. The molecule has 0 saturated carbocycles. The van der Waals surface area contributed by atoms with Crippen LogP contribution in [0, 0.1) is 0 Å². The molecular formula is C20H19F3N2O3. The summed E-state index contributed by atoms with van der Waals surface area (Å²) in [6.45, 7) is 3.46. The van der Waals surface area contributed by atoms with Crippen molar-refractivity contribution in [3.63, 3.8) is 0 Å². The van der Waals surface area contributed by atoms with E-state index in [9.17, 15) is 22.8 Å². The average molecular weight is 392 g/mol. The quantitative estimate of drug-likeness (QED) is 0.453. The molecule has 28 heavy (non-hydrogen) atoms. The van der Waals surface area contributed by atoms with Crippen LogP contribution < -0.4 is 10.4 Å². The molecule has 0 unspecified atom stereocenters. The van der Waals surface area contributed by atoms with Gasteiger partial charge < -0.3 is 4.90 Å². The molecule has 0 bridgehead atoms. The van der Waals surface area contributed by atoms with Crippen molar-refractivity contribution in [2.45, 2.75) is 26.1 Å². The number of nitrogens with one attached hydrogen (secondary N) is 1. The van der Waals surface area contributed by atoms with E-state index in [1.165, 1.54) is 28.6 Å². The van der Waals surface area contributed by atoms with Crippen LogP contribution in [-0.4, -0.2) is 23.1 Å². The molecule has 2 rings (SSSR count). The molecule has 0 atom stereocenters. The number of para-hydroxylation sites is 1. The standard InChI is InChI=1S/C20H19F3N2O3/c1-13(2)25(17-9-4-3-6-14(17)10-11-18(26)24-28)19(27)15-7-5-8-16(12-15)20(21,22)23/h3-13,28H,1-2H3,(H,24,26). The molecule has 2 N–H and O–H groups in total. The van der Waals surface area contributed by atoms with Crippen LogP contribution in [0.1, 0.15) is 35.3 Å². The first-order valence-electron chi connectivity index (χ1n) is 8.37.